The van der Waals surface area contributed by atoms with Gasteiger partial charge in [0.1, 0.15) is 0 Å². The first-order valence-corrected chi connectivity index (χ1v) is 19.0. The van der Waals surface area contributed by atoms with Crippen LogP contribution in [0.1, 0.15) is 60.3 Å². The van der Waals surface area contributed by atoms with Crippen LogP contribution in [0.3, 0.4) is 0 Å². The normalized spacial score (nSPS) is 15.4. The van der Waals surface area contributed by atoms with E-state index in [2.05, 4.69) is 107 Å². The predicted octanol–water partition coefficient (Wildman–Crippen LogP) is 8.36. The van der Waals surface area contributed by atoms with Gasteiger partial charge in [0.15, 0.2) is 0 Å². The monoisotopic (exact) mass is 589 g/mol. The molecule has 4 aromatic rings. The molecule has 0 bridgehead atoms. The highest BCUT2D eigenvalue weighted by Gasteiger charge is 2.33. The van der Waals surface area contributed by atoms with Crippen molar-refractivity contribution in [2.75, 3.05) is 13.1 Å². The highest BCUT2D eigenvalue weighted by molar-refractivity contribution is 7.27. The van der Waals surface area contributed by atoms with Crippen molar-refractivity contribution in [2.45, 2.75) is 85.4 Å². The van der Waals surface area contributed by atoms with E-state index >= 15 is 0 Å². The second-order valence-corrected chi connectivity index (χ2v) is 18.7. The van der Waals surface area contributed by atoms with Crippen LogP contribution in [0.2, 0.25) is 18.1 Å². The molecule has 3 aromatic heterocycles. The minimum atomic E-state index is -1.22. The van der Waals surface area contributed by atoms with Crippen molar-refractivity contribution in [3.05, 3.63) is 104 Å². The molecule has 6 rings (SSSR count). The quantitative estimate of drug-likeness (QED) is 0.193. The van der Waals surface area contributed by atoms with Gasteiger partial charge in [0.2, 0.25) is 0 Å². The summed E-state index contributed by atoms with van der Waals surface area (Å²) in [5.74, 6) is 0. The van der Waals surface area contributed by atoms with Crippen LogP contribution in [-0.4, -0.2) is 35.9 Å². The van der Waals surface area contributed by atoms with Crippen LogP contribution < -0.4 is 4.50 Å². The van der Waals surface area contributed by atoms with Crippen molar-refractivity contribution in [3.63, 3.8) is 0 Å². The van der Waals surface area contributed by atoms with Crippen molar-refractivity contribution in [1.29, 1.82) is 0 Å². The number of fused-ring (bicyclic) bond motifs is 2. The Hall–Kier alpha value is -2.09. The number of thiophene rings is 2. The zero-order chi connectivity index (χ0) is 27.1. The highest BCUT2D eigenvalue weighted by Crippen LogP contribution is 2.30. The first-order valence-electron chi connectivity index (χ1n) is 14.7. The Morgan fingerprint density at radius 1 is 0.775 bits per heavy atom. The van der Waals surface area contributed by atoms with E-state index in [1.54, 1.807) is 19.8 Å². The van der Waals surface area contributed by atoms with Gasteiger partial charge >= 0.3 is 0 Å². The first-order chi connectivity index (χ1) is 19.1. The zero-order valence-electron chi connectivity index (χ0n) is 23.9. The van der Waals surface area contributed by atoms with Gasteiger partial charge in [0.25, 0.3) is 0 Å². The minimum absolute atomic E-state index is 0. The fourth-order valence-corrected chi connectivity index (χ4v) is 13.4. The molecule has 1 aromatic carbocycles. The third kappa shape index (κ3) is 7.40. The van der Waals surface area contributed by atoms with Gasteiger partial charge < -0.3 is 0 Å². The van der Waals surface area contributed by atoms with Gasteiger partial charge in [-0.15, -0.1) is 22.7 Å². The molecule has 0 radical (unpaired) electrons. The van der Waals surface area contributed by atoms with Crippen LogP contribution in [0.15, 0.2) is 72.2 Å². The summed E-state index contributed by atoms with van der Waals surface area (Å²) in [5, 5.41) is 2.22. The van der Waals surface area contributed by atoms with E-state index in [-0.39, 0.29) is 7.43 Å². The lowest BCUT2D eigenvalue weighted by atomic mass is 10.1. The smallest absolute Gasteiger partial charge is 0.0987 e. The Kier molecular flexibility index (Phi) is 11.3. The van der Waals surface area contributed by atoms with Crippen molar-refractivity contribution < 1.29 is 0 Å². The Morgan fingerprint density at radius 2 is 1.45 bits per heavy atom. The molecule has 0 saturated carbocycles. The highest BCUT2D eigenvalue weighted by atomic mass is 32.1. The van der Waals surface area contributed by atoms with Gasteiger partial charge in [-0.05, 0) is 63.7 Å². The number of benzene rings is 1. The van der Waals surface area contributed by atoms with E-state index in [0.717, 1.165) is 26.2 Å². The molecule has 0 aliphatic carbocycles. The van der Waals surface area contributed by atoms with Gasteiger partial charge in [0.05, 0.1) is 13.8 Å². The SMILES string of the molecule is C.CC[Si](CC)(CC)c1cc2c(s1)CCN(Cc1ccccn1)C2.c1ccc(CN2CCc3sccc3C2)cc1. The van der Waals surface area contributed by atoms with Crippen LogP contribution in [-0.2, 0) is 39.0 Å². The van der Waals surface area contributed by atoms with Crippen LogP contribution in [0.25, 0.3) is 0 Å². The van der Waals surface area contributed by atoms with Gasteiger partial charge in [-0.3, -0.25) is 14.8 Å². The first kappa shape index (κ1) is 30.9. The van der Waals surface area contributed by atoms with Gasteiger partial charge in [0, 0.05) is 55.2 Å². The van der Waals surface area contributed by atoms with Crippen LogP contribution in [0, 0.1) is 0 Å². The lowest BCUT2D eigenvalue weighted by Gasteiger charge is -2.26. The number of hydrogen-bond donors (Lipinski definition) is 0. The number of nitrogens with zero attached hydrogens (tertiary/aromatic N) is 3. The zero-order valence-corrected chi connectivity index (χ0v) is 26.5. The predicted molar refractivity (Wildman–Crippen MR) is 179 cm³/mol. The number of pyridine rings is 1. The van der Waals surface area contributed by atoms with E-state index in [0.29, 0.717) is 0 Å². The van der Waals surface area contributed by atoms with Gasteiger partial charge in [-0.2, -0.15) is 0 Å². The largest absolute Gasteiger partial charge is 0.294 e. The number of hydrogen-bond acceptors (Lipinski definition) is 5. The fourth-order valence-electron chi connectivity index (χ4n) is 6.06. The summed E-state index contributed by atoms with van der Waals surface area (Å²) in [6.45, 7) is 13.9. The molecule has 214 valence electrons. The maximum absolute atomic E-state index is 4.48. The molecular formula is C34H47N3S2Si. The molecule has 2 aliphatic rings. The van der Waals surface area contributed by atoms with Crippen molar-refractivity contribution in [1.82, 2.24) is 14.8 Å². The van der Waals surface area contributed by atoms with Gasteiger partial charge in [-0.25, -0.2) is 0 Å². The Morgan fingerprint density at radius 3 is 2.15 bits per heavy atom. The molecular weight excluding hydrogens is 543 g/mol. The molecule has 5 heterocycles. The average molecular weight is 590 g/mol. The molecule has 0 spiro atoms. The maximum Gasteiger partial charge on any atom is 0.0987 e. The molecule has 0 saturated heterocycles. The van der Waals surface area contributed by atoms with E-state index in [1.807, 2.05) is 23.6 Å². The summed E-state index contributed by atoms with van der Waals surface area (Å²) in [5.41, 5.74) is 5.73. The Labute approximate surface area is 251 Å². The summed E-state index contributed by atoms with van der Waals surface area (Å²) in [7, 11) is -1.22. The third-order valence-electron chi connectivity index (χ3n) is 8.75. The summed E-state index contributed by atoms with van der Waals surface area (Å²) in [6, 6.07) is 26.0. The van der Waals surface area contributed by atoms with Crippen LogP contribution >= 0.6 is 22.7 Å². The van der Waals surface area contributed by atoms with Crippen molar-refractivity contribution in [2.24, 2.45) is 0 Å². The van der Waals surface area contributed by atoms with E-state index in [4.69, 9.17) is 0 Å². The van der Waals surface area contributed by atoms with E-state index in [1.165, 1.54) is 60.9 Å². The van der Waals surface area contributed by atoms with E-state index in [9.17, 15) is 0 Å². The molecule has 0 atom stereocenters. The van der Waals surface area contributed by atoms with Crippen LogP contribution in [0.4, 0.5) is 0 Å². The van der Waals surface area contributed by atoms with Crippen molar-refractivity contribution in [3.8, 4) is 0 Å². The summed E-state index contributed by atoms with van der Waals surface area (Å²) >= 11 is 4.05. The molecule has 0 N–H and O–H groups in total. The summed E-state index contributed by atoms with van der Waals surface area (Å²) in [4.78, 5) is 12.8. The molecule has 6 heteroatoms. The Balaban J connectivity index is 0.000000191. The van der Waals surface area contributed by atoms with Crippen molar-refractivity contribution >= 4 is 35.2 Å². The Bertz CT molecular complexity index is 1290. The topological polar surface area (TPSA) is 19.4 Å². The van der Waals surface area contributed by atoms with E-state index < -0.39 is 8.07 Å². The van der Waals surface area contributed by atoms with Gasteiger partial charge in [-0.1, -0.05) is 82.7 Å². The second-order valence-electron chi connectivity index (χ2n) is 11.0. The van der Waals surface area contributed by atoms with Crippen LogP contribution in [0.5, 0.6) is 0 Å². The molecule has 0 amide bonds. The summed E-state index contributed by atoms with van der Waals surface area (Å²) in [6.07, 6.45) is 4.34. The molecule has 0 fully saturated rings. The molecule has 40 heavy (non-hydrogen) atoms. The maximum atomic E-state index is 4.48. The standard InChI is InChI=1S/C19H28N2SSi.C14H15NS.CH4/c1-4-23(5-2,6-3)19-13-16-14-21(12-10-18(16)22-19)15-17-9-7-8-11-20-17;1-2-4-12(5-3-1)10-15-8-6-14-13(11-15)7-9-16-14;/h7-9,11,13H,4-6,10,12,14-15H2,1-3H3;1-5,7,9H,6,8,10-11H2;1H4. The minimum Gasteiger partial charge on any atom is -0.294 e. The average Bonchev–Trinajstić information content (AvgIpc) is 3.63. The molecule has 2 aliphatic heterocycles. The fraction of sp³-hybridized carbons (Fsp3) is 0.441. The third-order valence-corrected chi connectivity index (χ3v) is 17.7. The second kappa shape index (κ2) is 14.7. The molecule has 3 nitrogen and oxygen atoms in total. The summed E-state index contributed by atoms with van der Waals surface area (Å²) < 4.78 is 1.76. The molecule has 0 unspecified atom stereocenters. The number of rotatable bonds is 8. The lowest BCUT2D eigenvalue weighted by molar-refractivity contribution is 0.244. The lowest BCUT2D eigenvalue weighted by Crippen LogP contribution is -2.43. The number of aromatic nitrogens is 1.